The van der Waals surface area contributed by atoms with Crippen LogP contribution in [0.4, 0.5) is 11.5 Å². The first kappa shape index (κ1) is 24.1. The molecule has 9 nitrogen and oxygen atoms in total. The lowest BCUT2D eigenvalue weighted by molar-refractivity contribution is -0.141. The number of fused-ring (bicyclic) bond motifs is 1. The lowest BCUT2D eigenvalue weighted by Crippen LogP contribution is -2.31. The normalized spacial score (nSPS) is 11.4. The van der Waals surface area contributed by atoms with Crippen molar-refractivity contribution in [2.75, 3.05) is 18.5 Å². The topological polar surface area (TPSA) is 131 Å². The Morgan fingerprint density at radius 1 is 1.00 bits per heavy atom. The molecule has 0 aliphatic heterocycles. The van der Waals surface area contributed by atoms with Crippen molar-refractivity contribution in [3.8, 4) is 17.0 Å². The third-order valence-electron chi connectivity index (χ3n) is 5.26. The van der Waals surface area contributed by atoms with Gasteiger partial charge in [0.1, 0.15) is 18.0 Å². The van der Waals surface area contributed by atoms with E-state index in [9.17, 15) is 18.3 Å². The fourth-order valence-corrected chi connectivity index (χ4v) is 4.85. The summed E-state index contributed by atoms with van der Waals surface area (Å²) >= 11 is 0. The number of hydrogen-bond donors (Lipinski definition) is 3. The number of aromatic nitrogens is 2. The Kier molecular flexibility index (Phi) is 6.94. The molecule has 3 N–H and O–H groups in total. The third kappa shape index (κ3) is 5.39. The largest absolute Gasteiger partial charge is 0.508 e. The van der Waals surface area contributed by atoms with Gasteiger partial charge in [-0.15, -0.1) is 10.2 Å². The number of esters is 1. The van der Waals surface area contributed by atoms with Crippen LogP contribution >= 0.6 is 0 Å². The molecule has 0 bridgehead atoms. The minimum atomic E-state index is -3.98. The van der Waals surface area contributed by atoms with Gasteiger partial charge in [-0.05, 0) is 37.6 Å². The van der Waals surface area contributed by atoms with E-state index in [-0.39, 0.29) is 17.3 Å². The van der Waals surface area contributed by atoms with E-state index in [0.717, 1.165) is 10.8 Å². The fourth-order valence-electron chi connectivity index (χ4n) is 3.61. The van der Waals surface area contributed by atoms with Crippen LogP contribution in [0.25, 0.3) is 22.0 Å². The predicted molar refractivity (Wildman–Crippen MR) is 133 cm³/mol. The zero-order chi connectivity index (χ0) is 25.0. The summed E-state index contributed by atoms with van der Waals surface area (Å²) in [7, 11) is -3.98. The second-order valence-electron chi connectivity index (χ2n) is 7.73. The number of nitrogens with zero attached hydrogens (tertiary/aromatic N) is 2. The maximum Gasteiger partial charge on any atom is 0.321 e. The van der Waals surface area contributed by atoms with Crippen LogP contribution in [0.1, 0.15) is 12.5 Å². The molecule has 1 aromatic heterocycles. The number of aromatic hydroxyl groups is 1. The first-order valence-corrected chi connectivity index (χ1v) is 12.3. The summed E-state index contributed by atoms with van der Waals surface area (Å²) in [5.74, 6) is -0.0450. The summed E-state index contributed by atoms with van der Waals surface area (Å²) in [5, 5.41) is 23.2. The van der Waals surface area contributed by atoms with Crippen molar-refractivity contribution in [3.05, 3.63) is 72.3 Å². The van der Waals surface area contributed by atoms with E-state index in [0.29, 0.717) is 28.3 Å². The summed E-state index contributed by atoms with van der Waals surface area (Å²) in [6.07, 6.45) is 0. The van der Waals surface area contributed by atoms with Gasteiger partial charge in [-0.25, -0.2) is 8.42 Å². The van der Waals surface area contributed by atoms with Gasteiger partial charge in [-0.1, -0.05) is 42.5 Å². The minimum absolute atomic E-state index is 0.0344. The van der Waals surface area contributed by atoms with E-state index in [1.54, 1.807) is 50.2 Å². The number of hydrogen-bond acceptors (Lipinski definition) is 8. The van der Waals surface area contributed by atoms with Gasteiger partial charge in [0.15, 0.2) is 5.82 Å². The van der Waals surface area contributed by atoms with Crippen LogP contribution in [-0.4, -0.2) is 42.8 Å². The summed E-state index contributed by atoms with van der Waals surface area (Å²) in [6.45, 7) is 3.03. The number of carbonyl (C=O) groups excluding carboxylic acids is 1. The number of rotatable bonds is 8. The lowest BCUT2D eigenvalue weighted by atomic mass is 10.0. The SMILES string of the molecule is CCOC(=O)CNS(=O)(=O)c1cc(-c2nnc(Nc3cccc(O)c3)c3ccccc23)ccc1C. The molecule has 0 unspecified atom stereocenters. The van der Waals surface area contributed by atoms with Crippen LogP contribution in [0, 0.1) is 6.92 Å². The second-order valence-corrected chi connectivity index (χ2v) is 9.46. The van der Waals surface area contributed by atoms with Crippen LogP contribution in [0.5, 0.6) is 5.75 Å². The maximum absolute atomic E-state index is 12.9. The molecule has 0 atom stereocenters. The summed E-state index contributed by atoms with van der Waals surface area (Å²) in [5.41, 5.74) is 2.22. The minimum Gasteiger partial charge on any atom is -0.508 e. The van der Waals surface area contributed by atoms with Gasteiger partial charge in [-0.2, -0.15) is 4.72 Å². The Hall–Kier alpha value is -4.02. The van der Waals surface area contributed by atoms with E-state index < -0.39 is 22.5 Å². The highest BCUT2D eigenvalue weighted by Crippen LogP contribution is 2.33. The molecule has 180 valence electrons. The summed E-state index contributed by atoms with van der Waals surface area (Å²) < 4.78 is 32.9. The van der Waals surface area contributed by atoms with Gasteiger partial charge in [-0.3, -0.25) is 4.79 Å². The molecule has 0 aliphatic rings. The quantitative estimate of drug-likeness (QED) is 0.316. The van der Waals surface area contributed by atoms with E-state index in [1.807, 2.05) is 24.3 Å². The molecular formula is C25H24N4O5S. The van der Waals surface area contributed by atoms with Crippen molar-refractivity contribution in [1.82, 2.24) is 14.9 Å². The highest BCUT2D eigenvalue weighted by Gasteiger charge is 2.20. The molecule has 0 fully saturated rings. The van der Waals surface area contributed by atoms with Crippen molar-refractivity contribution in [2.45, 2.75) is 18.7 Å². The Morgan fingerprint density at radius 3 is 2.51 bits per heavy atom. The van der Waals surface area contributed by atoms with Gasteiger partial charge in [0.2, 0.25) is 10.0 Å². The molecule has 3 aromatic carbocycles. The van der Waals surface area contributed by atoms with E-state index in [1.165, 1.54) is 6.07 Å². The number of ether oxygens (including phenoxy) is 1. The van der Waals surface area contributed by atoms with Crippen LogP contribution < -0.4 is 10.0 Å². The Labute approximate surface area is 202 Å². The van der Waals surface area contributed by atoms with E-state index in [4.69, 9.17) is 4.74 Å². The average Bonchev–Trinajstić information content (AvgIpc) is 2.84. The highest BCUT2D eigenvalue weighted by atomic mass is 32.2. The molecule has 4 rings (SSSR count). The predicted octanol–water partition coefficient (Wildman–Crippen LogP) is 3.90. The van der Waals surface area contributed by atoms with Crippen molar-refractivity contribution < 1.29 is 23.1 Å². The van der Waals surface area contributed by atoms with Gasteiger partial charge >= 0.3 is 5.97 Å². The number of nitrogens with one attached hydrogen (secondary N) is 2. The highest BCUT2D eigenvalue weighted by molar-refractivity contribution is 7.89. The zero-order valence-corrected chi connectivity index (χ0v) is 20.0. The molecule has 0 amide bonds. The first-order chi connectivity index (χ1) is 16.8. The van der Waals surface area contributed by atoms with Crippen molar-refractivity contribution in [2.24, 2.45) is 0 Å². The zero-order valence-electron chi connectivity index (χ0n) is 19.1. The summed E-state index contributed by atoms with van der Waals surface area (Å²) in [4.78, 5) is 11.7. The number of phenols is 1. The number of carbonyl (C=O) groups is 1. The number of sulfonamides is 1. The van der Waals surface area contributed by atoms with Crippen LogP contribution in [0.2, 0.25) is 0 Å². The number of benzene rings is 3. The third-order valence-corrected chi connectivity index (χ3v) is 6.80. The number of anilines is 2. The molecule has 10 heteroatoms. The molecule has 0 radical (unpaired) electrons. The van der Waals surface area contributed by atoms with Gasteiger partial charge in [0.05, 0.1) is 11.5 Å². The Balaban J connectivity index is 1.73. The monoisotopic (exact) mass is 492 g/mol. The standard InChI is InChI=1S/C25H24N4O5S/c1-3-34-23(31)15-26-35(32,33)22-13-17(12-11-16(22)2)24-20-9-4-5-10-21(20)25(29-28-24)27-18-7-6-8-19(30)14-18/h4-14,26,30H,3,15H2,1-2H3,(H,27,29). The molecule has 0 saturated carbocycles. The molecule has 1 heterocycles. The van der Waals surface area contributed by atoms with Gasteiger partial charge < -0.3 is 15.2 Å². The molecule has 0 aliphatic carbocycles. The average molecular weight is 493 g/mol. The van der Waals surface area contributed by atoms with Crippen molar-refractivity contribution in [1.29, 1.82) is 0 Å². The Morgan fingerprint density at radius 2 is 1.77 bits per heavy atom. The van der Waals surface area contributed by atoms with Crippen LogP contribution in [-0.2, 0) is 19.6 Å². The molecule has 0 saturated heterocycles. The van der Waals surface area contributed by atoms with Crippen molar-refractivity contribution in [3.63, 3.8) is 0 Å². The van der Waals surface area contributed by atoms with Crippen LogP contribution in [0.3, 0.4) is 0 Å². The van der Waals surface area contributed by atoms with E-state index in [2.05, 4.69) is 20.2 Å². The Bertz CT molecular complexity index is 1510. The van der Waals surface area contributed by atoms with Crippen LogP contribution in [0.15, 0.2) is 71.6 Å². The number of aryl methyl sites for hydroxylation is 1. The fraction of sp³-hybridized carbons (Fsp3) is 0.160. The van der Waals surface area contributed by atoms with Gasteiger partial charge in [0.25, 0.3) is 0 Å². The van der Waals surface area contributed by atoms with Crippen molar-refractivity contribution >= 4 is 38.3 Å². The van der Waals surface area contributed by atoms with Gasteiger partial charge in [0, 0.05) is 28.1 Å². The summed E-state index contributed by atoms with van der Waals surface area (Å²) in [6, 6.07) is 19.1. The van der Waals surface area contributed by atoms with E-state index >= 15 is 0 Å². The maximum atomic E-state index is 12.9. The number of phenolic OH excluding ortho intramolecular Hbond substituents is 1. The lowest BCUT2D eigenvalue weighted by Gasteiger charge is -2.13. The molecule has 0 spiro atoms. The molecular weight excluding hydrogens is 468 g/mol. The first-order valence-electron chi connectivity index (χ1n) is 10.9. The smallest absolute Gasteiger partial charge is 0.321 e. The molecule has 4 aromatic rings. The molecule has 35 heavy (non-hydrogen) atoms. The second kappa shape index (κ2) is 10.1.